The summed E-state index contributed by atoms with van der Waals surface area (Å²) in [7, 11) is 0. The Hall–Kier alpha value is -2.27. The first kappa shape index (κ1) is 19.7. The maximum Gasteiger partial charge on any atom is 0.119 e. The van der Waals surface area contributed by atoms with Gasteiger partial charge in [-0.1, -0.05) is 42.5 Å². The molecule has 30 heavy (non-hydrogen) atoms. The molecule has 2 aliphatic rings. The number of hydrogen-bond acceptors (Lipinski definition) is 4. The van der Waals surface area contributed by atoms with Crippen LogP contribution in [0.25, 0.3) is 0 Å². The summed E-state index contributed by atoms with van der Waals surface area (Å²) in [6.07, 6.45) is 0.852. The number of alkyl halides is 1. The van der Waals surface area contributed by atoms with E-state index >= 15 is 0 Å². The zero-order chi connectivity index (χ0) is 20.6. The predicted octanol–water partition coefficient (Wildman–Crippen LogP) is 5.52. The third-order valence-electron chi connectivity index (χ3n) is 5.84. The maximum absolute atomic E-state index is 9.73. The summed E-state index contributed by atoms with van der Waals surface area (Å²) >= 11 is 7.62. The topological polar surface area (TPSA) is 41.8 Å². The average Bonchev–Trinajstić information content (AvgIpc) is 3.12. The van der Waals surface area contributed by atoms with Gasteiger partial charge in [0.2, 0.25) is 0 Å². The molecule has 3 aromatic carbocycles. The fraction of sp³-hybridized carbons (Fsp3) is 0.240. The molecule has 2 heterocycles. The van der Waals surface area contributed by atoms with E-state index in [-0.39, 0.29) is 12.0 Å². The van der Waals surface area contributed by atoms with Crippen LogP contribution in [0.1, 0.15) is 22.3 Å². The van der Waals surface area contributed by atoms with Gasteiger partial charge in [-0.15, -0.1) is 23.4 Å². The number of fused-ring (bicyclic) bond motifs is 5. The van der Waals surface area contributed by atoms with E-state index in [2.05, 4.69) is 42.5 Å². The SMILES string of the molecule is OCc1ccc2c(c1)C1(Cc3ccc(OCCCl)cc3)CSc3ccccc3C1=N2. The van der Waals surface area contributed by atoms with Gasteiger partial charge in [0.1, 0.15) is 12.4 Å². The van der Waals surface area contributed by atoms with Gasteiger partial charge in [-0.25, -0.2) is 0 Å². The van der Waals surface area contributed by atoms with E-state index in [1.54, 1.807) is 0 Å². The van der Waals surface area contributed by atoms with Gasteiger partial charge in [-0.05, 0) is 47.4 Å². The van der Waals surface area contributed by atoms with E-state index in [4.69, 9.17) is 21.3 Å². The van der Waals surface area contributed by atoms with Gasteiger partial charge in [-0.3, -0.25) is 4.99 Å². The van der Waals surface area contributed by atoms with Crippen LogP contribution in [-0.2, 0) is 18.4 Å². The Balaban J connectivity index is 1.57. The van der Waals surface area contributed by atoms with E-state index < -0.39 is 0 Å². The lowest BCUT2D eigenvalue weighted by molar-refractivity contribution is 0.281. The Morgan fingerprint density at radius 2 is 1.83 bits per heavy atom. The highest BCUT2D eigenvalue weighted by Crippen LogP contribution is 2.51. The quantitative estimate of drug-likeness (QED) is 0.518. The van der Waals surface area contributed by atoms with Crippen LogP contribution in [0.4, 0.5) is 5.69 Å². The van der Waals surface area contributed by atoms with Gasteiger partial charge in [0.25, 0.3) is 0 Å². The fourth-order valence-electron chi connectivity index (χ4n) is 4.41. The molecule has 1 N–H and O–H groups in total. The van der Waals surface area contributed by atoms with Crippen molar-refractivity contribution in [1.29, 1.82) is 0 Å². The minimum atomic E-state index is -0.210. The summed E-state index contributed by atoms with van der Waals surface area (Å²) in [4.78, 5) is 6.38. The molecule has 2 aliphatic heterocycles. The second kappa shape index (κ2) is 8.10. The van der Waals surface area contributed by atoms with E-state index in [9.17, 15) is 5.11 Å². The predicted molar refractivity (Wildman–Crippen MR) is 124 cm³/mol. The summed E-state index contributed by atoms with van der Waals surface area (Å²) in [6.45, 7) is 0.543. The Morgan fingerprint density at radius 3 is 2.63 bits per heavy atom. The van der Waals surface area contributed by atoms with Crippen LogP contribution >= 0.6 is 23.4 Å². The van der Waals surface area contributed by atoms with Gasteiger partial charge in [-0.2, -0.15) is 0 Å². The molecule has 1 atom stereocenters. The second-order valence-electron chi connectivity index (χ2n) is 7.70. The second-order valence-corrected chi connectivity index (χ2v) is 9.09. The number of benzene rings is 3. The number of halogens is 1. The number of ether oxygens (including phenoxy) is 1. The maximum atomic E-state index is 9.73. The molecule has 0 fully saturated rings. The lowest BCUT2D eigenvalue weighted by Gasteiger charge is -2.37. The van der Waals surface area contributed by atoms with Crippen molar-refractivity contribution in [3.63, 3.8) is 0 Å². The molecule has 5 heteroatoms. The van der Waals surface area contributed by atoms with Gasteiger partial charge in [0.05, 0.1) is 29.3 Å². The highest BCUT2D eigenvalue weighted by Gasteiger charge is 2.47. The first-order chi connectivity index (χ1) is 14.7. The highest BCUT2D eigenvalue weighted by molar-refractivity contribution is 7.99. The minimum absolute atomic E-state index is 0.0367. The lowest BCUT2D eigenvalue weighted by Crippen LogP contribution is -2.41. The van der Waals surface area contributed by atoms with Crippen LogP contribution in [0.15, 0.2) is 76.6 Å². The molecule has 0 spiro atoms. The molecule has 0 saturated heterocycles. The first-order valence-corrected chi connectivity index (χ1v) is 11.6. The van der Waals surface area contributed by atoms with E-state index in [1.165, 1.54) is 21.6 Å². The van der Waals surface area contributed by atoms with Crippen molar-refractivity contribution >= 4 is 34.8 Å². The Kier molecular flexibility index (Phi) is 5.32. The molecule has 1 unspecified atom stereocenters. The fourth-order valence-corrected chi connectivity index (χ4v) is 5.78. The van der Waals surface area contributed by atoms with Gasteiger partial charge >= 0.3 is 0 Å². The summed E-state index contributed by atoms with van der Waals surface area (Å²) in [6, 6.07) is 23.0. The van der Waals surface area contributed by atoms with Crippen molar-refractivity contribution in [3.05, 3.63) is 89.0 Å². The van der Waals surface area contributed by atoms with Crippen LogP contribution in [0, 0.1) is 0 Å². The van der Waals surface area contributed by atoms with Crippen molar-refractivity contribution in [1.82, 2.24) is 0 Å². The van der Waals surface area contributed by atoms with Crippen LogP contribution < -0.4 is 4.74 Å². The molecule has 0 radical (unpaired) electrons. The van der Waals surface area contributed by atoms with Crippen molar-refractivity contribution in [3.8, 4) is 5.75 Å². The lowest BCUT2D eigenvalue weighted by atomic mass is 9.72. The summed E-state index contributed by atoms with van der Waals surface area (Å²) in [5.41, 5.74) is 6.55. The van der Waals surface area contributed by atoms with Crippen molar-refractivity contribution in [2.24, 2.45) is 4.99 Å². The smallest absolute Gasteiger partial charge is 0.119 e. The first-order valence-electron chi connectivity index (χ1n) is 10.1. The molecule has 5 rings (SSSR count). The molecule has 3 nitrogen and oxygen atoms in total. The molecule has 152 valence electrons. The van der Waals surface area contributed by atoms with Crippen LogP contribution in [0.5, 0.6) is 5.75 Å². The van der Waals surface area contributed by atoms with Crippen molar-refractivity contribution < 1.29 is 9.84 Å². The van der Waals surface area contributed by atoms with Crippen LogP contribution in [0.3, 0.4) is 0 Å². The molecule has 0 aromatic heterocycles. The Labute approximate surface area is 185 Å². The van der Waals surface area contributed by atoms with Gasteiger partial charge < -0.3 is 9.84 Å². The molecule has 0 bridgehead atoms. The molecular weight excluding hydrogens is 414 g/mol. The number of rotatable bonds is 6. The minimum Gasteiger partial charge on any atom is -0.492 e. The third-order valence-corrected chi connectivity index (χ3v) is 7.29. The normalized spacial score (nSPS) is 18.9. The molecule has 0 aliphatic carbocycles. The third kappa shape index (κ3) is 3.33. The zero-order valence-electron chi connectivity index (χ0n) is 16.5. The number of aliphatic hydroxyl groups is 1. The number of thioether (sulfide) groups is 1. The number of aliphatic imine (C=N–C) groups is 1. The van der Waals surface area contributed by atoms with Gasteiger partial charge in [0.15, 0.2) is 0 Å². The number of nitrogens with zero attached hydrogens (tertiary/aromatic N) is 1. The van der Waals surface area contributed by atoms with Crippen LogP contribution in [-0.4, -0.2) is 29.1 Å². The standard InChI is InChI=1S/C25H22ClNO2S/c26-11-12-29-19-8-5-17(6-9-19)14-25-16-30-23-4-2-1-3-20(23)24(25)27-22-10-7-18(15-28)13-21(22)25/h1-10,13,28H,11-12,14-16H2. The highest BCUT2D eigenvalue weighted by atomic mass is 35.5. The van der Waals surface area contributed by atoms with E-state index in [1.807, 2.05) is 36.0 Å². The van der Waals surface area contributed by atoms with Gasteiger partial charge in [0, 0.05) is 16.2 Å². The van der Waals surface area contributed by atoms with E-state index in [0.29, 0.717) is 12.5 Å². The number of aliphatic hydroxyl groups excluding tert-OH is 1. The average molecular weight is 436 g/mol. The molecular formula is C25H22ClNO2S. The van der Waals surface area contributed by atoms with E-state index in [0.717, 1.165) is 34.9 Å². The Morgan fingerprint density at radius 1 is 1.03 bits per heavy atom. The van der Waals surface area contributed by atoms with Crippen molar-refractivity contribution in [2.45, 2.75) is 23.3 Å². The van der Waals surface area contributed by atoms with Crippen LogP contribution in [0.2, 0.25) is 0 Å². The summed E-state index contributed by atoms with van der Waals surface area (Å²) < 4.78 is 5.63. The zero-order valence-corrected chi connectivity index (χ0v) is 18.0. The Bertz CT molecular complexity index is 1110. The summed E-state index contributed by atoms with van der Waals surface area (Å²) in [5.74, 6) is 2.24. The summed E-state index contributed by atoms with van der Waals surface area (Å²) in [5, 5.41) is 9.73. The number of hydrogen-bond donors (Lipinski definition) is 1. The largest absolute Gasteiger partial charge is 0.492 e. The molecule has 3 aromatic rings. The molecule has 0 saturated carbocycles. The monoisotopic (exact) mass is 435 g/mol. The van der Waals surface area contributed by atoms with Crippen molar-refractivity contribution in [2.75, 3.05) is 18.2 Å². The molecule has 0 amide bonds.